The first-order chi connectivity index (χ1) is 13.6. The number of nitrogens with zero attached hydrogens (tertiary/aromatic N) is 3. The highest BCUT2D eigenvalue weighted by molar-refractivity contribution is 6.38. The molecule has 1 unspecified atom stereocenters. The van der Waals surface area contributed by atoms with Crippen molar-refractivity contribution in [1.29, 1.82) is 0 Å². The number of ether oxygens (including phenoxy) is 1. The van der Waals surface area contributed by atoms with E-state index in [1.165, 1.54) is 0 Å². The fourth-order valence-corrected chi connectivity index (χ4v) is 4.47. The fourth-order valence-electron chi connectivity index (χ4n) is 4.13. The Bertz CT molecular complexity index is 799. The summed E-state index contributed by atoms with van der Waals surface area (Å²) in [5.74, 6) is 0.0108. The van der Waals surface area contributed by atoms with Crippen LogP contribution >= 0.6 is 11.6 Å². The average molecular weight is 407 g/mol. The lowest BCUT2D eigenvalue weighted by atomic mass is 10.0. The molecule has 1 atom stereocenters. The van der Waals surface area contributed by atoms with Crippen LogP contribution in [0.25, 0.3) is 10.9 Å². The van der Waals surface area contributed by atoms with Crippen LogP contribution in [0.3, 0.4) is 0 Å². The number of piperidine rings is 1. The van der Waals surface area contributed by atoms with Crippen LogP contribution in [0.5, 0.6) is 0 Å². The largest absolute Gasteiger partial charge is 0.385 e. The van der Waals surface area contributed by atoms with Crippen molar-refractivity contribution in [3.8, 4) is 0 Å². The van der Waals surface area contributed by atoms with E-state index in [1.54, 1.807) is 19.5 Å². The third-order valence-electron chi connectivity index (χ3n) is 5.44. The number of carbonyl (C=O) groups is 1. The van der Waals surface area contributed by atoms with Crippen LogP contribution in [0, 0.1) is 0 Å². The number of nitrogens with one attached hydrogen (secondary N) is 1. The lowest BCUT2D eigenvalue weighted by Crippen LogP contribution is -2.52. The van der Waals surface area contributed by atoms with E-state index < -0.39 is 0 Å². The molecule has 2 aromatic heterocycles. The van der Waals surface area contributed by atoms with Gasteiger partial charge in [0.2, 0.25) is 0 Å². The normalized spacial score (nSPS) is 17.4. The van der Waals surface area contributed by atoms with E-state index in [2.05, 4.69) is 24.1 Å². The summed E-state index contributed by atoms with van der Waals surface area (Å²) >= 11 is 6.75. The second-order valence-electron chi connectivity index (χ2n) is 7.71. The SMILES string of the molecule is COCCCCn1c(C(=O)N(C(C)C)C2CCCNC2)c(Cl)c2ccncc21. The highest BCUT2D eigenvalue weighted by Crippen LogP contribution is 2.32. The predicted molar refractivity (Wildman–Crippen MR) is 113 cm³/mol. The zero-order valence-electron chi connectivity index (χ0n) is 17.1. The summed E-state index contributed by atoms with van der Waals surface area (Å²) in [5.41, 5.74) is 1.50. The molecular formula is C21H31ClN4O2. The van der Waals surface area contributed by atoms with Crippen molar-refractivity contribution in [3.63, 3.8) is 0 Å². The number of halogens is 1. The summed E-state index contributed by atoms with van der Waals surface area (Å²) in [6, 6.07) is 2.18. The van der Waals surface area contributed by atoms with Crippen molar-refractivity contribution in [1.82, 2.24) is 19.8 Å². The quantitative estimate of drug-likeness (QED) is 0.679. The van der Waals surface area contributed by atoms with Gasteiger partial charge in [0.15, 0.2) is 0 Å². The molecule has 1 saturated heterocycles. The number of aromatic nitrogens is 2. The Morgan fingerprint density at radius 3 is 2.96 bits per heavy atom. The molecule has 154 valence electrons. The van der Waals surface area contributed by atoms with Crippen LogP contribution in [0.2, 0.25) is 5.02 Å². The van der Waals surface area contributed by atoms with Gasteiger partial charge in [-0.25, -0.2) is 0 Å². The molecule has 7 heteroatoms. The predicted octanol–water partition coefficient (Wildman–Crippen LogP) is 3.72. The zero-order chi connectivity index (χ0) is 20.1. The Morgan fingerprint density at radius 1 is 1.46 bits per heavy atom. The van der Waals surface area contributed by atoms with Gasteiger partial charge in [0.05, 0.1) is 16.7 Å². The summed E-state index contributed by atoms with van der Waals surface area (Å²) in [7, 11) is 1.71. The molecule has 3 rings (SSSR count). The summed E-state index contributed by atoms with van der Waals surface area (Å²) in [6.07, 6.45) is 7.47. The summed E-state index contributed by atoms with van der Waals surface area (Å²) < 4.78 is 7.22. The minimum atomic E-state index is 0.0108. The molecule has 0 spiro atoms. The topological polar surface area (TPSA) is 59.4 Å². The minimum Gasteiger partial charge on any atom is -0.385 e. The molecule has 0 aromatic carbocycles. The number of carbonyl (C=O) groups excluding carboxylic acids is 1. The molecule has 1 aliphatic heterocycles. The first kappa shape index (κ1) is 21.1. The van der Waals surface area contributed by atoms with Crippen LogP contribution in [-0.4, -0.2) is 59.2 Å². The molecule has 1 N–H and O–H groups in total. The number of hydrogen-bond donors (Lipinski definition) is 1. The molecule has 3 heterocycles. The Morgan fingerprint density at radius 2 is 2.29 bits per heavy atom. The molecule has 0 bridgehead atoms. The molecule has 1 aliphatic rings. The van der Waals surface area contributed by atoms with Crippen molar-refractivity contribution in [2.75, 3.05) is 26.8 Å². The minimum absolute atomic E-state index is 0.0108. The standard InChI is InChI=1S/C21H31ClN4O2/c1-15(2)26(16-7-6-9-23-13-16)21(27)20-19(22)17-8-10-24-14-18(17)25(20)11-4-5-12-28-3/h8,10,14-16,23H,4-7,9,11-13H2,1-3H3. The van der Waals surface area contributed by atoms with Gasteiger partial charge >= 0.3 is 0 Å². The van der Waals surface area contributed by atoms with Crippen molar-refractivity contribution in [2.24, 2.45) is 0 Å². The lowest BCUT2D eigenvalue weighted by Gasteiger charge is -2.37. The molecule has 1 fully saturated rings. The van der Waals surface area contributed by atoms with Gasteiger partial charge in [-0.05, 0) is 52.1 Å². The monoisotopic (exact) mass is 406 g/mol. The zero-order valence-corrected chi connectivity index (χ0v) is 17.8. The maximum absolute atomic E-state index is 13.7. The van der Waals surface area contributed by atoms with Gasteiger partial charge in [0, 0.05) is 50.5 Å². The molecule has 0 aliphatic carbocycles. The Balaban J connectivity index is 1.99. The van der Waals surface area contributed by atoms with Gasteiger partial charge in [-0.3, -0.25) is 9.78 Å². The molecule has 2 aromatic rings. The van der Waals surface area contributed by atoms with Crippen LogP contribution in [-0.2, 0) is 11.3 Å². The van der Waals surface area contributed by atoms with Gasteiger partial charge in [-0.15, -0.1) is 0 Å². The van der Waals surface area contributed by atoms with Crippen LogP contribution < -0.4 is 5.32 Å². The van der Waals surface area contributed by atoms with Crippen molar-refractivity contribution < 1.29 is 9.53 Å². The van der Waals surface area contributed by atoms with Gasteiger partial charge in [-0.1, -0.05) is 11.6 Å². The van der Waals surface area contributed by atoms with Gasteiger partial charge in [0.25, 0.3) is 5.91 Å². The van der Waals surface area contributed by atoms with Gasteiger partial charge in [-0.2, -0.15) is 0 Å². The van der Waals surface area contributed by atoms with E-state index in [1.807, 2.05) is 15.5 Å². The summed E-state index contributed by atoms with van der Waals surface area (Å²) in [4.78, 5) is 20.0. The average Bonchev–Trinajstić information content (AvgIpc) is 2.98. The van der Waals surface area contributed by atoms with E-state index in [9.17, 15) is 4.79 Å². The molecule has 1 amide bonds. The molecular weight excluding hydrogens is 376 g/mol. The highest BCUT2D eigenvalue weighted by Gasteiger charge is 2.32. The maximum Gasteiger partial charge on any atom is 0.272 e. The number of unbranched alkanes of at least 4 members (excludes halogenated alkanes) is 1. The van der Waals surface area contributed by atoms with E-state index in [0.29, 0.717) is 23.9 Å². The lowest BCUT2D eigenvalue weighted by molar-refractivity contribution is 0.0562. The number of methoxy groups -OCH3 is 1. The third kappa shape index (κ3) is 4.34. The van der Waals surface area contributed by atoms with E-state index in [4.69, 9.17) is 16.3 Å². The summed E-state index contributed by atoms with van der Waals surface area (Å²) in [6.45, 7) is 7.43. The van der Waals surface area contributed by atoms with Crippen LogP contribution in [0.15, 0.2) is 18.5 Å². The first-order valence-electron chi connectivity index (χ1n) is 10.2. The summed E-state index contributed by atoms with van der Waals surface area (Å²) in [5, 5.41) is 4.84. The van der Waals surface area contributed by atoms with Gasteiger partial charge in [0.1, 0.15) is 5.69 Å². The second kappa shape index (κ2) is 9.72. The number of rotatable bonds is 8. The Labute approximate surface area is 172 Å². The van der Waals surface area contributed by atoms with Gasteiger partial charge < -0.3 is 19.5 Å². The van der Waals surface area contributed by atoms with E-state index in [0.717, 1.165) is 49.7 Å². The molecule has 28 heavy (non-hydrogen) atoms. The Hall–Kier alpha value is -1.63. The Kier molecular flexibility index (Phi) is 7.32. The van der Waals surface area contributed by atoms with Crippen molar-refractivity contribution in [2.45, 2.75) is 58.2 Å². The maximum atomic E-state index is 13.7. The first-order valence-corrected chi connectivity index (χ1v) is 10.6. The third-order valence-corrected chi connectivity index (χ3v) is 5.83. The number of hydrogen-bond acceptors (Lipinski definition) is 4. The number of amides is 1. The van der Waals surface area contributed by atoms with Crippen molar-refractivity contribution >= 4 is 28.4 Å². The fraction of sp³-hybridized carbons (Fsp3) is 0.619. The van der Waals surface area contributed by atoms with Crippen molar-refractivity contribution in [3.05, 3.63) is 29.2 Å². The van der Waals surface area contributed by atoms with Crippen LogP contribution in [0.1, 0.15) is 50.0 Å². The van der Waals surface area contributed by atoms with E-state index in [-0.39, 0.29) is 18.0 Å². The van der Waals surface area contributed by atoms with Crippen LogP contribution in [0.4, 0.5) is 0 Å². The number of pyridine rings is 1. The highest BCUT2D eigenvalue weighted by atomic mass is 35.5. The number of fused-ring (bicyclic) bond motifs is 1. The smallest absolute Gasteiger partial charge is 0.272 e. The number of aryl methyl sites for hydroxylation is 1. The molecule has 6 nitrogen and oxygen atoms in total. The molecule has 0 radical (unpaired) electrons. The van der Waals surface area contributed by atoms with E-state index >= 15 is 0 Å². The second-order valence-corrected chi connectivity index (χ2v) is 8.09. The molecule has 0 saturated carbocycles.